The average molecular weight is 307 g/mol. The van der Waals surface area contributed by atoms with Crippen molar-refractivity contribution in [1.29, 1.82) is 0 Å². The molecule has 4 nitrogen and oxygen atoms in total. The molecule has 114 valence electrons. The summed E-state index contributed by atoms with van der Waals surface area (Å²) in [5, 5.41) is 11.6. The Morgan fingerprint density at radius 2 is 1.70 bits per heavy atom. The Morgan fingerprint density at radius 3 is 2.39 bits per heavy atom. The number of aliphatic hydroxyl groups excluding tert-OH is 1. The molecular weight excluding hydrogens is 292 g/mol. The molecule has 3 aromatic rings. The van der Waals surface area contributed by atoms with Crippen LogP contribution in [-0.2, 0) is 9.46 Å². The summed E-state index contributed by atoms with van der Waals surface area (Å²) in [6, 6.07) is 19.8. The van der Waals surface area contributed by atoms with Gasteiger partial charge in [-0.25, -0.2) is 0 Å². The minimum absolute atomic E-state index is 0.119. The Labute approximate surface area is 133 Å². The highest BCUT2D eigenvalue weighted by Crippen LogP contribution is 2.29. The van der Waals surface area contributed by atoms with Crippen LogP contribution in [0.1, 0.15) is 27.8 Å². The molecule has 0 aliphatic heterocycles. The van der Waals surface area contributed by atoms with Gasteiger partial charge in [0.25, 0.3) is 0 Å². The van der Waals surface area contributed by atoms with Gasteiger partial charge in [0.05, 0.1) is 0 Å². The summed E-state index contributed by atoms with van der Waals surface area (Å²) in [5.74, 6) is -0.119. The van der Waals surface area contributed by atoms with Crippen LogP contribution in [-0.4, -0.2) is 17.7 Å². The Bertz CT molecular complexity index is 850. The highest BCUT2D eigenvalue weighted by atomic mass is 17.2. The van der Waals surface area contributed by atoms with Gasteiger partial charge in [-0.2, -0.15) is 0 Å². The van der Waals surface area contributed by atoms with Crippen LogP contribution in [0, 0.1) is 0 Å². The van der Waals surface area contributed by atoms with E-state index in [-0.39, 0.29) is 5.78 Å². The molecule has 0 amide bonds. The van der Waals surface area contributed by atoms with E-state index in [9.17, 15) is 9.90 Å². The lowest BCUT2D eigenvalue weighted by atomic mass is 9.94. The Kier molecular flexibility index (Phi) is 4.17. The maximum Gasteiger partial charge on any atom is 0.363 e. The number of rotatable bonds is 5. The second kappa shape index (κ2) is 6.42. The van der Waals surface area contributed by atoms with E-state index >= 15 is 0 Å². The van der Waals surface area contributed by atoms with Crippen LogP contribution < -0.4 is 0 Å². The summed E-state index contributed by atoms with van der Waals surface area (Å²) in [7, 11) is 0. The quantitative estimate of drug-likeness (QED) is 0.258. The molecule has 0 bridgehead atoms. The zero-order valence-corrected chi connectivity index (χ0v) is 12.3. The molecule has 0 aliphatic rings. The average Bonchev–Trinajstić information content (AvgIpc) is 2.61. The summed E-state index contributed by atoms with van der Waals surface area (Å²) in [4.78, 5) is 17.5. The van der Waals surface area contributed by atoms with E-state index in [0.29, 0.717) is 22.1 Å². The summed E-state index contributed by atoms with van der Waals surface area (Å²) < 4.78 is 4.31. The third-order valence-corrected chi connectivity index (χ3v) is 3.64. The smallest absolute Gasteiger partial charge is 0.348 e. The first-order chi connectivity index (χ1) is 11.2. The molecule has 23 heavy (non-hydrogen) atoms. The van der Waals surface area contributed by atoms with E-state index in [4.69, 9.17) is 4.89 Å². The molecule has 0 saturated heterocycles. The van der Waals surface area contributed by atoms with Gasteiger partial charge >= 0.3 is 13.1 Å². The number of hydrogen-bond acceptors (Lipinski definition) is 3. The fourth-order valence-electron chi connectivity index (χ4n) is 2.63. The van der Waals surface area contributed by atoms with Gasteiger partial charge in [0.15, 0.2) is 5.78 Å². The maximum absolute atomic E-state index is 12.8. The second-order valence-electron chi connectivity index (χ2n) is 5.01. The van der Waals surface area contributed by atoms with Crippen LogP contribution in [0.5, 0.6) is 0 Å². The minimum Gasteiger partial charge on any atom is -0.348 e. The van der Waals surface area contributed by atoms with Crippen LogP contribution in [0.2, 0.25) is 0 Å². The monoisotopic (exact) mass is 307 g/mol. The van der Waals surface area contributed by atoms with Crippen molar-refractivity contribution < 1.29 is 19.4 Å². The molecule has 3 aromatic carbocycles. The summed E-state index contributed by atoms with van der Waals surface area (Å²) in [6.07, 6.45) is -1.33. The van der Waals surface area contributed by atoms with Gasteiger partial charge in [-0.1, -0.05) is 66.7 Å². The van der Waals surface area contributed by atoms with Crippen molar-refractivity contribution in [3.05, 3.63) is 83.4 Å². The van der Waals surface area contributed by atoms with Crippen molar-refractivity contribution in [2.45, 2.75) is 6.29 Å². The van der Waals surface area contributed by atoms with Gasteiger partial charge < -0.3 is 5.11 Å². The van der Waals surface area contributed by atoms with E-state index < -0.39 is 6.29 Å². The van der Waals surface area contributed by atoms with Gasteiger partial charge in [0, 0.05) is 26.7 Å². The number of carbonyl (C=O) groups excluding carboxylic acids is 2. The number of aliphatic hydroxyl groups is 1. The van der Waals surface area contributed by atoms with Crippen molar-refractivity contribution in [1.82, 2.24) is 0 Å². The van der Waals surface area contributed by atoms with Crippen molar-refractivity contribution in [2.24, 2.45) is 0 Å². The standard InChI is InChI=1S/C19H15O4/c1-22-23-19(21)16-12-6-10-13-9-5-11-15(17(13)16)18(20)14-7-3-2-4-8-14/h2-12,19,21H,1H2/q+1. The maximum atomic E-state index is 12.8. The van der Waals surface area contributed by atoms with Crippen molar-refractivity contribution in [2.75, 3.05) is 0 Å². The van der Waals surface area contributed by atoms with Crippen molar-refractivity contribution in [3.63, 3.8) is 0 Å². The van der Waals surface area contributed by atoms with Gasteiger partial charge in [-0.05, 0) is 5.39 Å². The van der Waals surface area contributed by atoms with Gasteiger partial charge in [0.1, 0.15) is 0 Å². The fraction of sp³-hybridized carbons (Fsp3) is 0.0526. The van der Waals surface area contributed by atoms with Gasteiger partial charge in [-0.3, -0.25) is 4.79 Å². The number of ketones is 1. The molecule has 1 N–H and O–H groups in total. The molecule has 0 spiro atoms. The van der Waals surface area contributed by atoms with E-state index in [1.54, 1.807) is 30.3 Å². The number of benzene rings is 3. The molecule has 0 radical (unpaired) electrons. The van der Waals surface area contributed by atoms with E-state index in [1.165, 1.54) is 0 Å². The Balaban J connectivity index is 2.21. The predicted octanol–water partition coefficient (Wildman–Crippen LogP) is 3.36. The summed E-state index contributed by atoms with van der Waals surface area (Å²) in [6.45, 7) is 3.09. The topological polar surface area (TPSA) is 57.8 Å². The molecule has 0 heterocycles. The molecular formula is C19H15O4+. The Hall–Kier alpha value is -2.98. The lowest BCUT2D eigenvalue weighted by molar-refractivity contribution is -0.773. The van der Waals surface area contributed by atoms with Gasteiger partial charge in [0.2, 0.25) is 0 Å². The fourth-order valence-corrected chi connectivity index (χ4v) is 2.63. The number of fused-ring (bicyclic) bond motifs is 1. The van der Waals surface area contributed by atoms with Crippen LogP contribution in [0.15, 0.2) is 66.7 Å². The zero-order valence-electron chi connectivity index (χ0n) is 12.3. The zero-order chi connectivity index (χ0) is 16.2. The third-order valence-electron chi connectivity index (χ3n) is 3.64. The van der Waals surface area contributed by atoms with E-state index in [1.807, 2.05) is 36.4 Å². The minimum atomic E-state index is -1.33. The normalized spacial score (nSPS) is 11.9. The number of carbonyl (C=O) groups is 1. The molecule has 1 unspecified atom stereocenters. The van der Waals surface area contributed by atoms with E-state index in [2.05, 4.69) is 11.4 Å². The molecule has 0 aliphatic carbocycles. The molecule has 0 saturated carbocycles. The lowest BCUT2D eigenvalue weighted by Gasteiger charge is -2.11. The van der Waals surface area contributed by atoms with Crippen LogP contribution in [0.25, 0.3) is 10.8 Å². The van der Waals surface area contributed by atoms with Crippen molar-refractivity contribution in [3.8, 4) is 0 Å². The van der Waals surface area contributed by atoms with Gasteiger partial charge in [-0.15, -0.1) is 4.89 Å². The third kappa shape index (κ3) is 2.84. The van der Waals surface area contributed by atoms with Crippen LogP contribution in [0.3, 0.4) is 0 Å². The molecule has 3 rings (SSSR count). The molecule has 1 atom stereocenters. The predicted molar refractivity (Wildman–Crippen MR) is 87.0 cm³/mol. The van der Waals surface area contributed by atoms with E-state index in [0.717, 1.165) is 5.39 Å². The lowest BCUT2D eigenvalue weighted by Crippen LogP contribution is -2.07. The SMILES string of the molecule is C=[O+]OC(O)c1cccc2cccc(C(=O)c3ccccc3)c12. The van der Waals surface area contributed by atoms with Crippen molar-refractivity contribution >= 4 is 23.3 Å². The Morgan fingerprint density at radius 1 is 1.00 bits per heavy atom. The summed E-state index contributed by atoms with van der Waals surface area (Å²) >= 11 is 0. The highest BCUT2D eigenvalue weighted by Gasteiger charge is 2.21. The molecule has 0 aromatic heterocycles. The van der Waals surface area contributed by atoms with Crippen LogP contribution >= 0.6 is 0 Å². The summed E-state index contributed by atoms with van der Waals surface area (Å²) in [5.41, 5.74) is 1.53. The highest BCUT2D eigenvalue weighted by molar-refractivity contribution is 6.17. The first-order valence-electron chi connectivity index (χ1n) is 7.09. The molecule has 4 heteroatoms. The first kappa shape index (κ1) is 14.9. The molecule has 0 fully saturated rings. The first-order valence-corrected chi connectivity index (χ1v) is 7.09. The van der Waals surface area contributed by atoms with Crippen LogP contribution in [0.4, 0.5) is 0 Å². The number of hydrogen-bond donors (Lipinski definition) is 1. The second-order valence-corrected chi connectivity index (χ2v) is 5.01. The largest absolute Gasteiger partial charge is 0.363 e.